The maximum Gasteiger partial charge on any atom is 0.490 e. The number of alkyl halides is 3. The van der Waals surface area contributed by atoms with E-state index in [0.29, 0.717) is 33.9 Å². The fraction of sp³-hybridized carbons (Fsp3) is 0.182. The van der Waals surface area contributed by atoms with E-state index in [-0.39, 0.29) is 11.6 Å². The van der Waals surface area contributed by atoms with Crippen molar-refractivity contribution in [1.29, 1.82) is 0 Å². The maximum atomic E-state index is 14.3. The third-order valence-corrected chi connectivity index (χ3v) is 4.63. The van der Waals surface area contributed by atoms with E-state index < -0.39 is 23.7 Å². The zero-order valence-corrected chi connectivity index (χ0v) is 19.0. The number of halogens is 4. The second-order valence-corrected chi connectivity index (χ2v) is 7.31. The number of H-pyrrole nitrogens is 1. The van der Waals surface area contributed by atoms with Crippen LogP contribution in [0.5, 0.6) is 5.75 Å². The van der Waals surface area contributed by atoms with Crippen molar-refractivity contribution in [1.82, 2.24) is 15.0 Å². The minimum Gasteiger partial charge on any atom is -0.496 e. The summed E-state index contributed by atoms with van der Waals surface area (Å²) in [5.74, 6) is -2.39. The number of rotatable bonds is 5. The van der Waals surface area contributed by atoms with Crippen LogP contribution in [0.3, 0.4) is 0 Å². The van der Waals surface area contributed by atoms with Gasteiger partial charge in [-0.2, -0.15) is 18.2 Å². The highest BCUT2D eigenvalue weighted by Gasteiger charge is 2.38. The molecule has 0 spiro atoms. The molecule has 4 rings (SSSR count). The molecule has 2 aromatic heterocycles. The van der Waals surface area contributed by atoms with Gasteiger partial charge in [0.2, 0.25) is 5.95 Å². The Morgan fingerprint density at radius 3 is 2.47 bits per heavy atom. The van der Waals surface area contributed by atoms with Crippen LogP contribution >= 0.6 is 0 Å². The first-order valence-electron chi connectivity index (χ1n) is 10.0. The topological polar surface area (TPSA) is 142 Å². The Kier molecular flexibility index (Phi) is 7.46. The molecule has 0 bridgehead atoms. The van der Waals surface area contributed by atoms with Crippen LogP contribution in [0.4, 0.5) is 40.7 Å². The summed E-state index contributed by atoms with van der Waals surface area (Å²) in [5.41, 5.74) is 3.42. The number of carboxylic acids is 1. The maximum absolute atomic E-state index is 14.3. The largest absolute Gasteiger partial charge is 0.496 e. The smallest absolute Gasteiger partial charge is 0.490 e. The Labute approximate surface area is 200 Å². The highest BCUT2D eigenvalue weighted by Crippen LogP contribution is 2.28. The van der Waals surface area contributed by atoms with Crippen LogP contribution in [0, 0.1) is 19.7 Å². The van der Waals surface area contributed by atoms with Crippen LogP contribution in [0.1, 0.15) is 11.1 Å². The summed E-state index contributed by atoms with van der Waals surface area (Å²) in [6.45, 7) is 3.61. The number of aromatic amines is 1. The molecule has 0 radical (unpaired) electrons. The lowest BCUT2D eigenvalue weighted by molar-refractivity contribution is -0.192. The molecule has 0 atom stereocenters. The summed E-state index contributed by atoms with van der Waals surface area (Å²) < 4.78 is 56.3. The van der Waals surface area contributed by atoms with Crippen molar-refractivity contribution in [2.75, 3.05) is 17.7 Å². The van der Waals surface area contributed by atoms with Crippen LogP contribution in [-0.4, -0.2) is 39.3 Å². The molecule has 0 saturated carbocycles. The molecule has 0 aliphatic carbocycles. The molecule has 0 aliphatic heterocycles. The summed E-state index contributed by atoms with van der Waals surface area (Å²) >= 11 is 0. The minimum absolute atomic E-state index is 0.208. The number of ether oxygens (including phenoxy) is 1. The number of nitrogens with zero attached hydrogens (tertiary/aromatic N) is 2. The average molecular weight is 509 g/mol. The molecular formula is C22H19F4N5O5. The summed E-state index contributed by atoms with van der Waals surface area (Å²) in [4.78, 5) is 31.5. The van der Waals surface area contributed by atoms with Crippen molar-refractivity contribution in [3.63, 3.8) is 0 Å². The van der Waals surface area contributed by atoms with Gasteiger partial charge in [0.1, 0.15) is 17.4 Å². The Balaban J connectivity index is 0.000000454. The number of carboxylic acid groups (broad SMARTS) is 1. The highest BCUT2D eigenvalue weighted by molar-refractivity contribution is 5.78. The highest BCUT2D eigenvalue weighted by atomic mass is 19.4. The van der Waals surface area contributed by atoms with Crippen molar-refractivity contribution >= 4 is 40.2 Å². The van der Waals surface area contributed by atoms with Gasteiger partial charge in [0.25, 0.3) is 0 Å². The van der Waals surface area contributed by atoms with Gasteiger partial charge in [-0.1, -0.05) is 0 Å². The number of benzene rings is 2. The van der Waals surface area contributed by atoms with E-state index in [9.17, 15) is 22.4 Å². The Hall–Kier alpha value is -4.62. The lowest BCUT2D eigenvalue weighted by atomic mass is 10.2. The second kappa shape index (κ2) is 10.3. The van der Waals surface area contributed by atoms with Crippen molar-refractivity contribution in [3.8, 4) is 5.75 Å². The molecule has 36 heavy (non-hydrogen) atoms. The summed E-state index contributed by atoms with van der Waals surface area (Å²) in [6.07, 6.45) is -3.46. The number of hydrogen-bond donors (Lipinski definition) is 4. The minimum atomic E-state index is -5.08. The summed E-state index contributed by atoms with van der Waals surface area (Å²) in [5, 5.41) is 13.2. The predicted octanol–water partition coefficient (Wildman–Crippen LogP) is 4.80. The second-order valence-electron chi connectivity index (χ2n) is 7.31. The van der Waals surface area contributed by atoms with E-state index in [1.54, 1.807) is 37.4 Å². The zero-order valence-electron chi connectivity index (χ0n) is 19.0. The van der Waals surface area contributed by atoms with Gasteiger partial charge in [-0.15, -0.1) is 0 Å². The molecule has 0 amide bonds. The molecule has 14 heteroatoms. The number of aryl methyl sites for hydroxylation is 2. The van der Waals surface area contributed by atoms with E-state index in [0.717, 1.165) is 5.56 Å². The molecule has 0 saturated heterocycles. The van der Waals surface area contributed by atoms with Gasteiger partial charge in [-0.3, -0.25) is 4.98 Å². The van der Waals surface area contributed by atoms with Gasteiger partial charge in [0, 0.05) is 23.5 Å². The number of nitrogens with one attached hydrogen (secondary N) is 3. The van der Waals surface area contributed by atoms with Gasteiger partial charge in [-0.25, -0.2) is 19.0 Å². The standard InChI is InChI=1S/C20H18FN5O3.C2HF3O2/c1-10-6-13(21)14(8-17(10)28-3)24-19-22-9-11(2)18(26-19)23-12-4-5-16-15(7-12)25-20(27)29-16;3-2(4,5)1(6)7/h4-9H,1-3H3,(H,25,27)(H2,22,23,24,26);(H,6,7). The predicted molar refractivity (Wildman–Crippen MR) is 122 cm³/mol. The van der Waals surface area contributed by atoms with Crippen LogP contribution < -0.4 is 21.1 Å². The van der Waals surface area contributed by atoms with Crippen molar-refractivity contribution < 1.29 is 36.6 Å². The number of anilines is 4. The van der Waals surface area contributed by atoms with Gasteiger partial charge >= 0.3 is 17.9 Å². The lowest BCUT2D eigenvalue weighted by Crippen LogP contribution is -2.21. The number of aliphatic carboxylic acids is 1. The quantitative estimate of drug-likeness (QED) is 0.279. The fourth-order valence-corrected chi connectivity index (χ4v) is 2.88. The Bertz CT molecular complexity index is 1470. The van der Waals surface area contributed by atoms with Crippen molar-refractivity contribution in [2.24, 2.45) is 0 Å². The molecule has 2 aromatic carbocycles. The van der Waals surface area contributed by atoms with Gasteiger partial charge < -0.3 is 24.9 Å². The van der Waals surface area contributed by atoms with Crippen LogP contribution in [0.15, 0.2) is 45.7 Å². The fourth-order valence-electron chi connectivity index (χ4n) is 2.88. The normalized spacial score (nSPS) is 11.0. The van der Waals surface area contributed by atoms with Gasteiger partial charge in [0.15, 0.2) is 5.58 Å². The molecule has 2 heterocycles. The molecule has 0 aliphatic rings. The van der Waals surface area contributed by atoms with Crippen molar-refractivity contribution in [3.05, 3.63) is 64.0 Å². The summed E-state index contributed by atoms with van der Waals surface area (Å²) in [6, 6.07) is 8.12. The number of fused-ring (bicyclic) bond motifs is 1. The Morgan fingerprint density at radius 2 is 1.83 bits per heavy atom. The number of methoxy groups -OCH3 is 1. The third kappa shape index (κ3) is 6.28. The molecule has 4 N–H and O–H groups in total. The van der Waals surface area contributed by atoms with E-state index in [1.165, 1.54) is 13.2 Å². The third-order valence-electron chi connectivity index (χ3n) is 4.63. The zero-order chi connectivity index (χ0) is 26.6. The van der Waals surface area contributed by atoms with E-state index >= 15 is 0 Å². The number of oxazole rings is 1. The first-order valence-corrected chi connectivity index (χ1v) is 10.0. The van der Waals surface area contributed by atoms with E-state index in [2.05, 4.69) is 25.6 Å². The van der Waals surface area contributed by atoms with E-state index in [1.807, 2.05) is 6.92 Å². The van der Waals surface area contributed by atoms with Crippen LogP contribution in [0.2, 0.25) is 0 Å². The molecule has 4 aromatic rings. The molecule has 10 nitrogen and oxygen atoms in total. The SMILES string of the molecule is COc1cc(Nc2ncc(C)c(Nc3ccc4oc(=O)[nH]c4c3)n2)c(F)cc1C.O=C(O)C(F)(F)F. The molecule has 0 fully saturated rings. The lowest BCUT2D eigenvalue weighted by Gasteiger charge is -2.13. The van der Waals surface area contributed by atoms with Crippen molar-refractivity contribution in [2.45, 2.75) is 20.0 Å². The van der Waals surface area contributed by atoms with E-state index in [4.69, 9.17) is 19.1 Å². The average Bonchev–Trinajstić information content (AvgIpc) is 3.17. The van der Waals surface area contributed by atoms with Crippen LogP contribution in [0.25, 0.3) is 11.1 Å². The molecule has 190 valence electrons. The van der Waals surface area contributed by atoms with Gasteiger partial charge in [-0.05, 0) is 43.7 Å². The van der Waals surface area contributed by atoms with Crippen LogP contribution in [-0.2, 0) is 4.79 Å². The number of aromatic nitrogens is 3. The Morgan fingerprint density at radius 1 is 1.14 bits per heavy atom. The number of carbonyl (C=O) groups is 1. The number of hydrogen-bond acceptors (Lipinski definition) is 8. The molecular weight excluding hydrogens is 490 g/mol. The van der Waals surface area contributed by atoms with Gasteiger partial charge in [0.05, 0.1) is 18.3 Å². The monoisotopic (exact) mass is 509 g/mol. The molecule has 0 unspecified atom stereocenters. The first kappa shape index (κ1) is 26.0. The first-order chi connectivity index (χ1) is 16.9. The summed E-state index contributed by atoms with van der Waals surface area (Å²) in [7, 11) is 1.53.